The number of aryl methyl sites for hydroxylation is 1. The largest absolute Gasteiger partial charge is 0.465 e. The average molecular weight is 362 g/mol. The minimum absolute atomic E-state index is 0.206. The summed E-state index contributed by atoms with van der Waals surface area (Å²) < 4.78 is 5.19. The monoisotopic (exact) mass is 362 g/mol. The van der Waals surface area contributed by atoms with E-state index in [1.165, 1.54) is 0 Å². The van der Waals surface area contributed by atoms with Gasteiger partial charge in [-0.1, -0.05) is 74.0 Å². The number of benzene rings is 2. The fourth-order valence-corrected chi connectivity index (χ4v) is 2.79. The second-order valence-electron chi connectivity index (χ2n) is 6.35. The molecule has 3 heteroatoms. The Bertz CT molecular complexity index is 817. The number of rotatable bonds is 9. The maximum Gasteiger partial charge on any atom is 0.309 e. The maximum atomic E-state index is 11.8. The molecule has 0 aliphatic heterocycles. The van der Waals surface area contributed by atoms with Gasteiger partial charge in [-0.3, -0.25) is 9.59 Å². The van der Waals surface area contributed by atoms with Crippen molar-refractivity contribution in [1.29, 1.82) is 0 Å². The summed E-state index contributed by atoms with van der Waals surface area (Å²) >= 11 is 0. The third-order valence-corrected chi connectivity index (χ3v) is 4.19. The molecular weight excluding hydrogens is 336 g/mol. The molecular formula is C24H26O3. The molecule has 0 radical (unpaired) electrons. The van der Waals surface area contributed by atoms with Crippen LogP contribution < -0.4 is 0 Å². The van der Waals surface area contributed by atoms with E-state index < -0.39 is 0 Å². The first kappa shape index (κ1) is 20.4. The molecule has 2 rings (SSSR count). The maximum absolute atomic E-state index is 11.8. The van der Waals surface area contributed by atoms with Crippen molar-refractivity contribution >= 4 is 23.9 Å². The quantitative estimate of drug-likeness (QED) is 0.191. The Morgan fingerprint density at radius 2 is 1.85 bits per heavy atom. The van der Waals surface area contributed by atoms with Crippen molar-refractivity contribution in [2.45, 2.75) is 33.1 Å². The van der Waals surface area contributed by atoms with Gasteiger partial charge in [0.25, 0.3) is 0 Å². The van der Waals surface area contributed by atoms with Gasteiger partial charge in [0, 0.05) is 5.56 Å². The molecule has 0 amide bonds. The number of allylic oxidation sites excluding steroid dienone is 2. The number of ether oxygens (including phenoxy) is 1. The summed E-state index contributed by atoms with van der Waals surface area (Å²) in [6.45, 7) is 4.50. The highest BCUT2D eigenvalue weighted by molar-refractivity contribution is 5.96. The number of carbonyl (C=O) groups excluding carboxylic acids is 2. The van der Waals surface area contributed by atoms with Crippen LogP contribution in [0, 0.1) is 6.92 Å². The molecule has 0 spiro atoms. The van der Waals surface area contributed by atoms with E-state index in [4.69, 9.17) is 4.74 Å². The normalized spacial score (nSPS) is 11.6. The molecule has 140 valence electrons. The van der Waals surface area contributed by atoms with Crippen LogP contribution in [0.3, 0.4) is 0 Å². The van der Waals surface area contributed by atoms with Crippen LogP contribution >= 0.6 is 0 Å². The molecule has 0 bridgehead atoms. The predicted octanol–water partition coefficient (Wildman–Crippen LogP) is 5.64. The first-order valence-electron chi connectivity index (χ1n) is 9.29. The Labute approximate surface area is 161 Å². The Balaban J connectivity index is 2.30. The molecule has 0 atom stereocenters. The highest BCUT2D eigenvalue weighted by Gasteiger charge is 2.09. The van der Waals surface area contributed by atoms with Crippen LogP contribution in [-0.4, -0.2) is 18.9 Å². The van der Waals surface area contributed by atoms with E-state index in [2.05, 4.69) is 6.92 Å². The van der Waals surface area contributed by atoms with Gasteiger partial charge < -0.3 is 4.74 Å². The summed E-state index contributed by atoms with van der Waals surface area (Å²) in [4.78, 5) is 23.4. The van der Waals surface area contributed by atoms with Gasteiger partial charge in [-0.25, -0.2) is 0 Å². The first-order chi connectivity index (χ1) is 13.2. The minimum Gasteiger partial charge on any atom is -0.465 e. The van der Waals surface area contributed by atoms with Crippen molar-refractivity contribution in [2.24, 2.45) is 0 Å². The number of esters is 1. The first-order valence-corrected chi connectivity index (χ1v) is 9.29. The van der Waals surface area contributed by atoms with E-state index in [-0.39, 0.29) is 12.4 Å². The van der Waals surface area contributed by atoms with Crippen LogP contribution in [-0.2, 0) is 9.53 Å². The Morgan fingerprint density at radius 1 is 1.07 bits per heavy atom. The van der Waals surface area contributed by atoms with Crippen molar-refractivity contribution in [3.8, 4) is 0 Å². The zero-order chi connectivity index (χ0) is 19.5. The summed E-state index contributed by atoms with van der Waals surface area (Å²) in [5.74, 6) is -0.237. The number of hydrogen-bond donors (Lipinski definition) is 0. The summed E-state index contributed by atoms with van der Waals surface area (Å²) in [5.41, 5.74) is 4.45. The van der Waals surface area contributed by atoms with Gasteiger partial charge in [0.1, 0.15) is 0 Å². The third kappa shape index (κ3) is 6.37. The summed E-state index contributed by atoms with van der Waals surface area (Å²) in [6, 6.07) is 15.6. The van der Waals surface area contributed by atoms with Crippen molar-refractivity contribution in [1.82, 2.24) is 0 Å². The fraction of sp³-hybridized carbons (Fsp3) is 0.250. The third-order valence-electron chi connectivity index (χ3n) is 4.19. The SMILES string of the molecule is CCCCOC(=O)CC=CC(=Cc1ccccc1)c1c(C)cccc1C=O. The zero-order valence-corrected chi connectivity index (χ0v) is 16.0. The van der Waals surface area contributed by atoms with Gasteiger partial charge in [0.05, 0.1) is 13.0 Å². The van der Waals surface area contributed by atoms with E-state index >= 15 is 0 Å². The number of carbonyl (C=O) groups is 2. The van der Waals surface area contributed by atoms with E-state index in [1.54, 1.807) is 12.1 Å². The van der Waals surface area contributed by atoms with E-state index in [0.29, 0.717) is 12.2 Å². The number of unbranched alkanes of at least 4 members (excludes halogenated alkanes) is 1. The van der Waals surface area contributed by atoms with Crippen molar-refractivity contribution in [2.75, 3.05) is 6.61 Å². The molecule has 3 nitrogen and oxygen atoms in total. The second kappa shape index (κ2) is 10.9. The zero-order valence-electron chi connectivity index (χ0n) is 16.0. The molecule has 0 saturated carbocycles. The Morgan fingerprint density at radius 3 is 2.56 bits per heavy atom. The molecule has 0 fully saturated rings. The molecule has 2 aromatic rings. The van der Waals surface area contributed by atoms with Crippen LogP contribution in [0.2, 0.25) is 0 Å². The van der Waals surface area contributed by atoms with Crippen LogP contribution in [0.15, 0.2) is 60.7 Å². The molecule has 2 aromatic carbocycles. The van der Waals surface area contributed by atoms with Crippen LogP contribution in [0.4, 0.5) is 0 Å². The summed E-state index contributed by atoms with van der Waals surface area (Å²) in [7, 11) is 0. The van der Waals surface area contributed by atoms with Crippen molar-refractivity contribution in [3.05, 3.63) is 82.9 Å². The van der Waals surface area contributed by atoms with Crippen LogP contribution in [0.5, 0.6) is 0 Å². The number of aldehydes is 1. The van der Waals surface area contributed by atoms with Crippen molar-refractivity contribution in [3.63, 3.8) is 0 Å². The van der Waals surface area contributed by atoms with Gasteiger partial charge in [0.2, 0.25) is 0 Å². The standard InChI is InChI=1S/C24H26O3/c1-3-4-16-27-23(26)15-9-13-21(17-20-11-6-5-7-12-20)24-19(2)10-8-14-22(24)18-25/h5-14,17-18H,3-4,15-16H2,1-2H3. The molecule has 0 aliphatic rings. The summed E-state index contributed by atoms with van der Waals surface area (Å²) in [6.07, 6.45) is 8.66. The van der Waals surface area contributed by atoms with Crippen LogP contribution in [0.1, 0.15) is 53.2 Å². The topological polar surface area (TPSA) is 43.4 Å². The molecule has 0 heterocycles. The number of hydrogen-bond acceptors (Lipinski definition) is 3. The lowest BCUT2D eigenvalue weighted by atomic mass is 9.93. The minimum atomic E-state index is -0.237. The lowest BCUT2D eigenvalue weighted by Crippen LogP contribution is -2.04. The second-order valence-corrected chi connectivity index (χ2v) is 6.35. The van der Waals surface area contributed by atoms with Gasteiger partial charge in [-0.05, 0) is 41.7 Å². The highest BCUT2D eigenvalue weighted by atomic mass is 16.5. The van der Waals surface area contributed by atoms with E-state index in [0.717, 1.165) is 41.4 Å². The lowest BCUT2D eigenvalue weighted by molar-refractivity contribution is -0.142. The van der Waals surface area contributed by atoms with E-state index in [9.17, 15) is 9.59 Å². The molecule has 0 saturated heterocycles. The Kier molecular flexibility index (Phi) is 8.24. The lowest BCUT2D eigenvalue weighted by Gasteiger charge is -2.11. The van der Waals surface area contributed by atoms with Crippen molar-refractivity contribution < 1.29 is 14.3 Å². The van der Waals surface area contributed by atoms with Crippen LogP contribution in [0.25, 0.3) is 11.6 Å². The van der Waals surface area contributed by atoms with E-state index in [1.807, 2.05) is 61.5 Å². The fourth-order valence-electron chi connectivity index (χ4n) is 2.79. The molecule has 0 unspecified atom stereocenters. The molecule has 0 aliphatic carbocycles. The predicted molar refractivity (Wildman–Crippen MR) is 111 cm³/mol. The Hall–Kier alpha value is -2.94. The van der Waals surface area contributed by atoms with Gasteiger partial charge >= 0.3 is 5.97 Å². The smallest absolute Gasteiger partial charge is 0.309 e. The molecule has 27 heavy (non-hydrogen) atoms. The van der Waals surface area contributed by atoms with Gasteiger partial charge in [-0.2, -0.15) is 0 Å². The average Bonchev–Trinajstić information content (AvgIpc) is 2.68. The van der Waals surface area contributed by atoms with Gasteiger partial charge in [0.15, 0.2) is 6.29 Å². The summed E-state index contributed by atoms with van der Waals surface area (Å²) in [5, 5.41) is 0. The highest BCUT2D eigenvalue weighted by Crippen LogP contribution is 2.26. The molecule has 0 N–H and O–H groups in total. The molecule has 0 aromatic heterocycles. The van der Waals surface area contributed by atoms with Gasteiger partial charge in [-0.15, -0.1) is 0 Å².